The molecule has 104 valence electrons. The first-order chi connectivity index (χ1) is 10.2. The summed E-state index contributed by atoms with van der Waals surface area (Å²) in [6, 6.07) is 10.3. The van der Waals surface area contributed by atoms with E-state index in [1.807, 2.05) is 12.1 Å². The number of hydrogen-bond donors (Lipinski definition) is 1. The minimum Gasteiger partial charge on any atom is -0.478 e. The fraction of sp³-hybridized carbons (Fsp3) is 0.0667. The Labute approximate surface area is 120 Å². The third kappa shape index (κ3) is 2.79. The Morgan fingerprint density at radius 3 is 2.81 bits per heavy atom. The molecule has 0 saturated carbocycles. The third-order valence-corrected chi connectivity index (χ3v) is 2.94. The molecule has 0 fully saturated rings. The van der Waals surface area contributed by atoms with Crippen molar-refractivity contribution in [3.63, 3.8) is 0 Å². The summed E-state index contributed by atoms with van der Waals surface area (Å²) in [4.78, 5) is 19.5. The van der Waals surface area contributed by atoms with Crippen molar-refractivity contribution >= 4 is 5.97 Å². The number of aromatic nitrogens is 3. The van der Waals surface area contributed by atoms with Crippen molar-refractivity contribution in [2.24, 2.45) is 0 Å². The highest BCUT2D eigenvalue weighted by atomic mass is 16.5. The highest BCUT2D eigenvalue weighted by molar-refractivity contribution is 5.94. The molecule has 0 bridgehead atoms. The van der Waals surface area contributed by atoms with Crippen LogP contribution in [0, 0.1) is 0 Å². The normalized spacial score (nSPS) is 10.5. The van der Waals surface area contributed by atoms with Crippen LogP contribution in [0.5, 0.6) is 0 Å². The fourth-order valence-electron chi connectivity index (χ4n) is 1.98. The van der Waals surface area contributed by atoms with Gasteiger partial charge in [-0.15, -0.1) is 0 Å². The Hall–Kier alpha value is -3.02. The standard InChI is InChI=1S/C15H11N3O3/c19-15(20)12-6-2-1-5-11(12)14-17-13(18-21-14)8-10-4-3-7-16-9-10/h1-7,9H,8H2,(H,19,20). The second-order valence-electron chi connectivity index (χ2n) is 4.40. The number of rotatable bonds is 4. The van der Waals surface area contributed by atoms with Crippen LogP contribution in [0.1, 0.15) is 21.7 Å². The van der Waals surface area contributed by atoms with Gasteiger partial charge in [0.05, 0.1) is 11.1 Å². The molecule has 0 aliphatic carbocycles. The van der Waals surface area contributed by atoms with Crippen molar-refractivity contribution < 1.29 is 14.4 Å². The lowest BCUT2D eigenvalue weighted by atomic mass is 10.1. The van der Waals surface area contributed by atoms with Crippen LogP contribution in [0.2, 0.25) is 0 Å². The van der Waals surface area contributed by atoms with Crippen LogP contribution in [0.3, 0.4) is 0 Å². The van der Waals surface area contributed by atoms with Crippen LogP contribution in [-0.4, -0.2) is 26.2 Å². The van der Waals surface area contributed by atoms with Crippen LogP contribution in [0.4, 0.5) is 0 Å². The van der Waals surface area contributed by atoms with Gasteiger partial charge in [-0.1, -0.05) is 23.4 Å². The van der Waals surface area contributed by atoms with Crippen molar-refractivity contribution in [1.29, 1.82) is 0 Å². The van der Waals surface area contributed by atoms with E-state index in [-0.39, 0.29) is 11.5 Å². The number of nitrogens with zero attached hydrogens (tertiary/aromatic N) is 3. The first kappa shape index (κ1) is 13.0. The molecule has 0 aliphatic rings. The summed E-state index contributed by atoms with van der Waals surface area (Å²) in [6.45, 7) is 0. The van der Waals surface area contributed by atoms with E-state index < -0.39 is 5.97 Å². The second-order valence-corrected chi connectivity index (χ2v) is 4.40. The quantitative estimate of drug-likeness (QED) is 0.790. The molecule has 0 aliphatic heterocycles. The summed E-state index contributed by atoms with van der Waals surface area (Å²) < 4.78 is 5.17. The first-order valence-corrected chi connectivity index (χ1v) is 6.28. The van der Waals surface area contributed by atoms with Gasteiger partial charge in [0.15, 0.2) is 5.82 Å². The number of carboxylic acid groups (broad SMARTS) is 1. The van der Waals surface area contributed by atoms with E-state index in [0.29, 0.717) is 17.8 Å². The van der Waals surface area contributed by atoms with E-state index >= 15 is 0 Å². The van der Waals surface area contributed by atoms with Crippen molar-refractivity contribution in [3.8, 4) is 11.5 Å². The van der Waals surface area contributed by atoms with Crippen molar-refractivity contribution in [2.75, 3.05) is 0 Å². The number of hydrogen-bond acceptors (Lipinski definition) is 5. The number of carbonyl (C=O) groups is 1. The molecule has 0 unspecified atom stereocenters. The molecule has 0 atom stereocenters. The molecule has 2 heterocycles. The minimum absolute atomic E-state index is 0.133. The van der Waals surface area contributed by atoms with E-state index in [9.17, 15) is 9.90 Å². The van der Waals surface area contributed by atoms with Crippen LogP contribution < -0.4 is 0 Å². The van der Waals surface area contributed by atoms with Gasteiger partial charge in [-0.05, 0) is 23.8 Å². The third-order valence-electron chi connectivity index (χ3n) is 2.94. The first-order valence-electron chi connectivity index (χ1n) is 6.28. The average Bonchev–Trinajstić information content (AvgIpc) is 2.96. The molecule has 0 spiro atoms. The number of benzene rings is 1. The molecule has 2 aromatic heterocycles. The van der Waals surface area contributed by atoms with Gasteiger partial charge in [-0.25, -0.2) is 4.79 Å². The lowest BCUT2D eigenvalue weighted by Gasteiger charge is -1.99. The molecule has 6 heteroatoms. The molecule has 1 N–H and O–H groups in total. The largest absolute Gasteiger partial charge is 0.478 e. The summed E-state index contributed by atoms with van der Waals surface area (Å²) in [7, 11) is 0. The summed E-state index contributed by atoms with van der Waals surface area (Å²) in [6.07, 6.45) is 3.89. The Balaban J connectivity index is 1.90. The Kier molecular flexibility index (Phi) is 3.42. The molecular weight excluding hydrogens is 270 g/mol. The highest BCUT2D eigenvalue weighted by Crippen LogP contribution is 2.22. The zero-order chi connectivity index (χ0) is 14.7. The topological polar surface area (TPSA) is 89.1 Å². The zero-order valence-corrected chi connectivity index (χ0v) is 10.9. The van der Waals surface area contributed by atoms with Crippen molar-refractivity contribution in [3.05, 3.63) is 65.7 Å². The van der Waals surface area contributed by atoms with Crippen molar-refractivity contribution in [1.82, 2.24) is 15.1 Å². The predicted octanol–water partition coefficient (Wildman–Crippen LogP) is 2.42. The van der Waals surface area contributed by atoms with Gasteiger partial charge in [-0.3, -0.25) is 4.98 Å². The Bertz CT molecular complexity index is 769. The number of aromatic carboxylic acids is 1. The van der Waals surface area contributed by atoms with E-state index in [4.69, 9.17) is 4.52 Å². The van der Waals surface area contributed by atoms with Gasteiger partial charge in [0.1, 0.15) is 0 Å². The number of carboxylic acids is 1. The monoisotopic (exact) mass is 281 g/mol. The van der Waals surface area contributed by atoms with Gasteiger partial charge in [-0.2, -0.15) is 4.98 Å². The average molecular weight is 281 g/mol. The van der Waals surface area contributed by atoms with Crippen molar-refractivity contribution in [2.45, 2.75) is 6.42 Å². The minimum atomic E-state index is -1.03. The molecule has 6 nitrogen and oxygen atoms in total. The predicted molar refractivity (Wildman–Crippen MR) is 73.7 cm³/mol. The molecule has 3 aromatic rings. The van der Waals surface area contributed by atoms with Crippen LogP contribution >= 0.6 is 0 Å². The Morgan fingerprint density at radius 2 is 2.05 bits per heavy atom. The zero-order valence-electron chi connectivity index (χ0n) is 10.9. The maximum absolute atomic E-state index is 11.2. The van der Waals surface area contributed by atoms with Crippen LogP contribution in [0.25, 0.3) is 11.5 Å². The molecule has 1 aromatic carbocycles. The van der Waals surface area contributed by atoms with E-state index in [0.717, 1.165) is 5.56 Å². The molecule has 21 heavy (non-hydrogen) atoms. The summed E-state index contributed by atoms with van der Waals surface area (Å²) >= 11 is 0. The van der Waals surface area contributed by atoms with Gasteiger partial charge in [0, 0.05) is 18.8 Å². The molecule has 3 rings (SSSR count). The number of pyridine rings is 1. The summed E-state index contributed by atoms with van der Waals surface area (Å²) in [5.41, 5.74) is 1.50. The molecular formula is C15H11N3O3. The Morgan fingerprint density at radius 1 is 1.19 bits per heavy atom. The summed E-state index contributed by atoms with van der Waals surface area (Å²) in [5, 5.41) is 13.1. The van der Waals surface area contributed by atoms with E-state index in [1.54, 1.807) is 30.6 Å². The van der Waals surface area contributed by atoms with Crippen LogP contribution in [0.15, 0.2) is 53.3 Å². The van der Waals surface area contributed by atoms with Gasteiger partial charge >= 0.3 is 5.97 Å². The molecule has 0 saturated heterocycles. The van der Waals surface area contributed by atoms with E-state index in [2.05, 4.69) is 15.1 Å². The SMILES string of the molecule is O=C(O)c1ccccc1-c1nc(Cc2cccnc2)no1. The maximum Gasteiger partial charge on any atom is 0.336 e. The highest BCUT2D eigenvalue weighted by Gasteiger charge is 2.16. The lowest BCUT2D eigenvalue weighted by molar-refractivity contribution is 0.0697. The van der Waals surface area contributed by atoms with Crippen LogP contribution in [-0.2, 0) is 6.42 Å². The molecule has 0 amide bonds. The lowest BCUT2D eigenvalue weighted by Crippen LogP contribution is -1.99. The van der Waals surface area contributed by atoms with E-state index in [1.165, 1.54) is 6.07 Å². The maximum atomic E-state index is 11.2. The fourth-order valence-corrected chi connectivity index (χ4v) is 1.98. The molecule has 0 radical (unpaired) electrons. The summed E-state index contributed by atoms with van der Waals surface area (Å²) in [5.74, 6) is -0.345. The van der Waals surface area contributed by atoms with Gasteiger partial charge in [0.2, 0.25) is 0 Å². The van der Waals surface area contributed by atoms with Gasteiger partial charge < -0.3 is 9.63 Å². The second kappa shape index (κ2) is 5.54. The smallest absolute Gasteiger partial charge is 0.336 e. The van der Waals surface area contributed by atoms with Gasteiger partial charge in [0.25, 0.3) is 5.89 Å².